The Kier molecular flexibility index (Phi) is 6.56. The van der Waals surface area contributed by atoms with Crippen molar-refractivity contribution in [3.63, 3.8) is 0 Å². The van der Waals surface area contributed by atoms with Crippen LogP contribution in [-0.4, -0.2) is 36.8 Å². The number of amides is 1. The van der Waals surface area contributed by atoms with E-state index in [4.69, 9.17) is 9.47 Å². The number of hydrogen-bond acceptors (Lipinski definition) is 7. The topological polar surface area (TPSA) is 108 Å². The van der Waals surface area contributed by atoms with Crippen molar-refractivity contribution >= 4 is 35.0 Å². The molecule has 2 rings (SSSR count). The number of esters is 1. The van der Waals surface area contributed by atoms with E-state index in [1.165, 1.54) is 31.0 Å². The minimum atomic E-state index is -0.843. The molecule has 0 unspecified atom stereocenters. The van der Waals surface area contributed by atoms with Gasteiger partial charge in [-0.25, -0.2) is 4.79 Å². The lowest BCUT2D eigenvalue weighted by Crippen LogP contribution is -2.21. The van der Waals surface area contributed by atoms with E-state index in [1.807, 2.05) is 18.4 Å². The maximum atomic E-state index is 12.0. The number of nitrogens with one attached hydrogen (secondary N) is 1. The number of thioether (sulfide) groups is 1. The van der Waals surface area contributed by atoms with Gasteiger partial charge in [-0.15, -0.1) is 11.8 Å². The summed E-state index contributed by atoms with van der Waals surface area (Å²) >= 11 is 1.47. The van der Waals surface area contributed by atoms with Gasteiger partial charge in [-0.05, 0) is 30.5 Å². The van der Waals surface area contributed by atoms with Gasteiger partial charge in [0.2, 0.25) is 0 Å². The van der Waals surface area contributed by atoms with Gasteiger partial charge in [0.1, 0.15) is 0 Å². The predicted molar refractivity (Wildman–Crippen MR) is 96.8 cm³/mol. The number of nitro groups is 1. The molecule has 0 bridgehead atoms. The molecule has 0 aliphatic rings. The first-order chi connectivity index (χ1) is 12.5. The van der Waals surface area contributed by atoms with Gasteiger partial charge in [-0.3, -0.25) is 14.9 Å². The molecular formula is C17H16N2O6S. The van der Waals surface area contributed by atoms with E-state index in [2.05, 4.69) is 5.32 Å². The van der Waals surface area contributed by atoms with Gasteiger partial charge in [-0.1, -0.05) is 12.1 Å². The summed E-state index contributed by atoms with van der Waals surface area (Å²) in [5, 5.41) is 13.6. The highest BCUT2D eigenvalue weighted by atomic mass is 32.2. The Morgan fingerprint density at radius 3 is 2.62 bits per heavy atom. The molecule has 0 fully saturated rings. The average Bonchev–Trinajstić information content (AvgIpc) is 2.65. The van der Waals surface area contributed by atoms with Crippen molar-refractivity contribution in [3.8, 4) is 5.75 Å². The molecule has 0 atom stereocenters. The lowest BCUT2D eigenvalue weighted by atomic mass is 10.2. The molecule has 1 N–H and O–H groups in total. The minimum Gasteiger partial charge on any atom is -0.490 e. The number of carbonyl (C=O) groups excluding carboxylic acids is 2. The number of carbonyl (C=O) groups is 2. The maximum absolute atomic E-state index is 12.0. The van der Waals surface area contributed by atoms with E-state index in [1.54, 1.807) is 12.1 Å². The van der Waals surface area contributed by atoms with Crippen LogP contribution in [0.15, 0.2) is 47.4 Å². The van der Waals surface area contributed by atoms with Crippen molar-refractivity contribution in [1.29, 1.82) is 0 Å². The van der Waals surface area contributed by atoms with Crippen LogP contribution in [0.3, 0.4) is 0 Å². The summed E-state index contributed by atoms with van der Waals surface area (Å²) in [7, 11) is 1.29. The molecular weight excluding hydrogens is 360 g/mol. The highest BCUT2D eigenvalue weighted by Crippen LogP contribution is 2.28. The van der Waals surface area contributed by atoms with Gasteiger partial charge in [0.15, 0.2) is 12.4 Å². The van der Waals surface area contributed by atoms with Crippen molar-refractivity contribution in [1.82, 2.24) is 0 Å². The fraction of sp³-hybridized carbons (Fsp3) is 0.176. The van der Waals surface area contributed by atoms with E-state index >= 15 is 0 Å². The summed E-state index contributed by atoms with van der Waals surface area (Å²) in [5.74, 6) is -1.33. The molecule has 0 aliphatic carbocycles. The molecule has 0 saturated heterocycles. The molecule has 0 aliphatic heterocycles. The SMILES string of the molecule is COc1ccc(C(=O)OCC(=O)Nc2ccccc2SC)cc1[N+](=O)[O-]. The molecule has 0 aromatic heterocycles. The summed E-state index contributed by atoms with van der Waals surface area (Å²) in [6.45, 7) is -0.513. The zero-order chi connectivity index (χ0) is 19.1. The van der Waals surface area contributed by atoms with Crippen molar-refractivity contribution in [2.24, 2.45) is 0 Å². The molecule has 26 heavy (non-hydrogen) atoms. The first kappa shape index (κ1) is 19.3. The summed E-state index contributed by atoms with van der Waals surface area (Å²) in [6, 6.07) is 10.9. The van der Waals surface area contributed by atoms with Gasteiger partial charge in [0, 0.05) is 11.0 Å². The van der Waals surface area contributed by atoms with Crippen LogP contribution in [0.5, 0.6) is 5.75 Å². The number of anilines is 1. The summed E-state index contributed by atoms with van der Waals surface area (Å²) in [6.07, 6.45) is 1.88. The summed E-state index contributed by atoms with van der Waals surface area (Å²) in [5.41, 5.74) is 0.205. The third-order valence-corrected chi connectivity index (χ3v) is 4.12. The van der Waals surface area contributed by atoms with Crippen LogP contribution in [0.25, 0.3) is 0 Å². The number of nitro benzene ring substituents is 1. The molecule has 9 heteroatoms. The zero-order valence-electron chi connectivity index (χ0n) is 14.1. The number of rotatable bonds is 7. The average molecular weight is 376 g/mol. The third-order valence-electron chi connectivity index (χ3n) is 3.33. The number of benzene rings is 2. The fourth-order valence-electron chi connectivity index (χ4n) is 2.11. The maximum Gasteiger partial charge on any atom is 0.338 e. The van der Waals surface area contributed by atoms with Gasteiger partial charge >= 0.3 is 11.7 Å². The fourth-order valence-corrected chi connectivity index (χ4v) is 2.66. The molecule has 0 heterocycles. The lowest BCUT2D eigenvalue weighted by Gasteiger charge is -2.10. The molecule has 1 amide bonds. The largest absolute Gasteiger partial charge is 0.490 e. The van der Waals surface area contributed by atoms with Crippen LogP contribution < -0.4 is 10.1 Å². The van der Waals surface area contributed by atoms with Crippen molar-refractivity contribution in [2.45, 2.75) is 4.90 Å². The van der Waals surface area contributed by atoms with E-state index < -0.39 is 23.4 Å². The highest BCUT2D eigenvalue weighted by Gasteiger charge is 2.19. The highest BCUT2D eigenvalue weighted by molar-refractivity contribution is 7.98. The zero-order valence-corrected chi connectivity index (χ0v) is 14.9. The molecule has 0 saturated carbocycles. The van der Waals surface area contributed by atoms with E-state index in [0.717, 1.165) is 11.0 Å². The number of nitrogens with zero attached hydrogens (tertiary/aromatic N) is 1. The van der Waals surface area contributed by atoms with Gasteiger partial charge in [-0.2, -0.15) is 0 Å². The monoisotopic (exact) mass is 376 g/mol. The quantitative estimate of drug-likeness (QED) is 0.342. The Morgan fingerprint density at radius 2 is 1.96 bits per heavy atom. The Morgan fingerprint density at radius 1 is 1.23 bits per heavy atom. The van der Waals surface area contributed by atoms with E-state index in [0.29, 0.717) is 5.69 Å². The van der Waals surface area contributed by atoms with Crippen LogP contribution in [-0.2, 0) is 9.53 Å². The molecule has 0 radical (unpaired) electrons. The minimum absolute atomic E-state index is 0.0259. The van der Waals surface area contributed by atoms with Crippen molar-refractivity contribution in [2.75, 3.05) is 25.3 Å². The van der Waals surface area contributed by atoms with Crippen LogP contribution >= 0.6 is 11.8 Å². The third kappa shape index (κ3) is 4.73. The Bertz CT molecular complexity index is 840. The molecule has 2 aromatic rings. The molecule has 0 spiro atoms. The summed E-state index contributed by atoms with van der Waals surface area (Å²) in [4.78, 5) is 35.2. The number of hydrogen-bond donors (Lipinski definition) is 1. The lowest BCUT2D eigenvalue weighted by molar-refractivity contribution is -0.385. The number of para-hydroxylation sites is 1. The van der Waals surface area contributed by atoms with Crippen molar-refractivity contribution in [3.05, 3.63) is 58.1 Å². The Balaban J connectivity index is 2.01. The van der Waals surface area contributed by atoms with Crippen LogP contribution in [0, 0.1) is 10.1 Å². The Hall–Kier alpha value is -3.07. The van der Waals surface area contributed by atoms with Gasteiger partial charge in [0.25, 0.3) is 5.91 Å². The number of ether oxygens (including phenoxy) is 2. The van der Waals surface area contributed by atoms with Crippen LogP contribution in [0.4, 0.5) is 11.4 Å². The second kappa shape index (κ2) is 8.86. The van der Waals surface area contributed by atoms with E-state index in [-0.39, 0.29) is 17.0 Å². The van der Waals surface area contributed by atoms with Crippen LogP contribution in [0.2, 0.25) is 0 Å². The van der Waals surface area contributed by atoms with E-state index in [9.17, 15) is 19.7 Å². The predicted octanol–water partition coefficient (Wildman–Crippen LogP) is 3.12. The first-order valence-electron chi connectivity index (χ1n) is 7.38. The standard InChI is InChI=1S/C17H16N2O6S/c1-24-14-8-7-11(9-13(14)19(22)23)17(21)25-10-16(20)18-12-5-3-4-6-15(12)26-2/h3-9H,10H2,1-2H3,(H,18,20). The van der Waals surface area contributed by atoms with Crippen molar-refractivity contribution < 1.29 is 24.0 Å². The van der Waals surface area contributed by atoms with Crippen LogP contribution in [0.1, 0.15) is 10.4 Å². The molecule has 136 valence electrons. The van der Waals surface area contributed by atoms with Gasteiger partial charge < -0.3 is 14.8 Å². The second-order valence-electron chi connectivity index (χ2n) is 4.97. The smallest absolute Gasteiger partial charge is 0.338 e. The molecule has 2 aromatic carbocycles. The second-order valence-corrected chi connectivity index (χ2v) is 5.82. The first-order valence-corrected chi connectivity index (χ1v) is 8.61. The Labute approximate surface area is 153 Å². The number of methoxy groups -OCH3 is 1. The molecule has 8 nitrogen and oxygen atoms in total. The normalized spacial score (nSPS) is 10.1. The van der Waals surface area contributed by atoms with Gasteiger partial charge in [0.05, 0.1) is 23.3 Å². The summed E-state index contributed by atoms with van der Waals surface area (Å²) < 4.78 is 9.79.